The lowest BCUT2D eigenvalue weighted by atomic mass is 10.0. The lowest BCUT2D eigenvalue weighted by Crippen LogP contribution is -1.88. The van der Waals surface area contributed by atoms with Crippen LogP contribution in [0.5, 0.6) is 0 Å². The highest BCUT2D eigenvalue weighted by molar-refractivity contribution is 9.08. The van der Waals surface area contributed by atoms with Gasteiger partial charge in [0.25, 0.3) is 0 Å². The number of rotatable bonds is 2. The fourth-order valence-corrected chi connectivity index (χ4v) is 2.74. The second kappa shape index (κ2) is 5.51. The summed E-state index contributed by atoms with van der Waals surface area (Å²) in [7, 11) is 0. The first-order chi connectivity index (χ1) is 9.67. The first-order valence-corrected chi connectivity index (χ1v) is 7.58. The van der Waals surface area contributed by atoms with Crippen LogP contribution < -0.4 is 0 Å². The third kappa shape index (κ3) is 2.56. The van der Waals surface area contributed by atoms with Crippen molar-refractivity contribution < 1.29 is 4.39 Å². The Bertz CT molecular complexity index is 771. The molecule has 0 saturated carbocycles. The van der Waals surface area contributed by atoms with Crippen LogP contribution in [0.1, 0.15) is 5.56 Å². The Hall–Kier alpha value is -1.45. The van der Waals surface area contributed by atoms with Crippen molar-refractivity contribution in [2.24, 2.45) is 0 Å². The van der Waals surface area contributed by atoms with E-state index >= 15 is 0 Å². The predicted molar refractivity (Wildman–Crippen MR) is 84.8 cm³/mol. The van der Waals surface area contributed by atoms with Crippen molar-refractivity contribution in [3.8, 4) is 11.1 Å². The minimum atomic E-state index is -0.250. The number of aromatic nitrogens is 1. The molecule has 0 radical (unpaired) electrons. The van der Waals surface area contributed by atoms with Crippen LogP contribution in [0.15, 0.2) is 48.5 Å². The van der Waals surface area contributed by atoms with E-state index in [1.165, 1.54) is 12.1 Å². The van der Waals surface area contributed by atoms with Crippen molar-refractivity contribution >= 4 is 38.4 Å². The van der Waals surface area contributed by atoms with Gasteiger partial charge >= 0.3 is 0 Å². The molecule has 0 aliphatic rings. The summed E-state index contributed by atoms with van der Waals surface area (Å²) in [5.74, 6) is -0.250. The standard InChI is InChI=1S/C16H10BrClFN/c17-9-10-1-6-13-14(8-16(18)20-15(13)7-10)11-2-4-12(19)5-3-11/h1-8H,9H2. The van der Waals surface area contributed by atoms with Crippen molar-refractivity contribution in [2.45, 2.75) is 5.33 Å². The van der Waals surface area contributed by atoms with Gasteiger partial charge in [-0.25, -0.2) is 9.37 Å². The Morgan fingerprint density at radius 3 is 2.50 bits per heavy atom. The molecule has 1 aromatic heterocycles. The summed E-state index contributed by atoms with van der Waals surface area (Å²) >= 11 is 9.53. The number of alkyl halides is 1. The minimum Gasteiger partial charge on any atom is -0.236 e. The van der Waals surface area contributed by atoms with Gasteiger partial charge in [-0.15, -0.1) is 0 Å². The van der Waals surface area contributed by atoms with Crippen molar-refractivity contribution in [3.63, 3.8) is 0 Å². The van der Waals surface area contributed by atoms with Gasteiger partial charge in [0.1, 0.15) is 11.0 Å². The van der Waals surface area contributed by atoms with Crippen molar-refractivity contribution in [1.82, 2.24) is 4.98 Å². The maximum absolute atomic E-state index is 13.1. The van der Waals surface area contributed by atoms with E-state index < -0.39 is 0 Å². The Kier molecular flexibility index (Phi) is 3.72. The first-order valence-electron chi connectivity index (χ1n) is 6.08. The number of hydrogen-bond donors (Lipinski definition) is 0. The zero-order chi connectivity index (χ0) is 14.1. The molecule has 3 rings (SSSR count). The molecule has 0 spiro atoms. The highest BCUT2D eigenvalue weighted by atomic mass is 79.9. The third-order valence-corrected chi connectivity index (χ3v) is 3.99. The summed E-state index contributed by atoms with van der Waals surface area (Å²) in [6.45, 7) is 0. The number of benzene rings is 2. The molecule has 1 heterocycles. The van der Waals surface area contributed by atoms with Gasteiger partial charge in [-0.1, -0.05) is 51.8 Å². The summed E-state index contributed by atoms with van der Waals surface area (Å²) in [4.78, 5) is 4.36. The van der Waals surface area contributed by atoms with Gasteiger partial charge < -0.3 is 0 Å². The second-order valence-electron chi connectivity index (χ2n) is 4.48. The topological polar surface area (TPSA) is 12.9 Å². The van der Waals surface area contributed by atoms with Gasteiger partial charge in [-0.05, 0) is 41.0 Å². The number of halogens is 3. The molecule has 0 bridgehead atoms. The predicted octanol–water partition coefficient (Wildman–Crippen LogP) is 5.59. The quantitative estimate of drug-likeness (QED) is 0.434. The SMILES string of the molecule is Fc1ccc(-c2cc(Cl)nc3cc(CBr)ccc23)cc1. The fourth-order valence-electron chi connectivity index (χ4n) is 2.19. The molecule has 4 heteroatoms. The molecule has 0 unspecified atom stereocenters. The second-order valence-corrected chi connectivity index (χ2v) is 5.43. The molecule has 1 nitrogen and oxygen atoms in total. The van der Waals surface area contributed by atoms with Crippen LogP contribution in [0, 0.1) is 5.82 Å². The highest BCUT2D eigenvalue weighted by Gasteiger charge is 2.08. The molecule has 0 amide bonds. The van der Waals surface area contributed by atoms with Crippen LogP contribution >= 0.6 is 27.5 Å². The molecule has 0 aliphatic carbocycles. The van der Waals surface area contributed by atoms with Gasteiger partial charge in [0, 0.05) is 10.7 Å². The molecule has 3 aromatic rings. The normalized spacial score (nSPS) is 10.9. The Labute approximate surface area is 129 Å². The van der Waals surface area contributed by atoms with E-state index in [1.807, 2.05) is 24.3 Å². The Morgan fingerprint density at radius 1 is 1.05 bits per heavy atom. The maximum Gasteiger partial charge on any atom is 0.130 e. The van der Waals surface area contributed by atoms with Gasteiger partial charge in [0.2, 0.25) is 0 Å². The number of hydrogen-bond acceptors (Lipinski definition) is 1. The van der Waals surface area contributed by atoms with Gasteiger partial charge in [0.05, 0.1) is 5.52 Å². The summed E-state index contributed by atoms with van der Waals surface area (Å²) < 4.78 is 13.1. The molecule has 100 valence electrons. The molecule has 0 N–H and O–H groups in total. The molecule has 0 fully saturated rings. The van der Waals surface area contributed by atoms with E-state index in [2.05, 4.69) is 20.9 Å². The molecule has 2 aromatic carbocycles. The maximum atomic E-state index is 13.1. The largest absolute Gasteiger partial charge is 0.236 e. The fraction of sp³-hybridized carbons (Fsp3) is 0.0625. The Morgan fingerprint density at radius 2 is 1.80 bits per heavy atom. The molecule has 20 heavy (non-hydrogen) atoms. The van der Waals surface area contributed by atoms with Gasteiger partial charge in [0.15, 0.2) is 0 Å². The van der Waals surface area contributed by atoms with Crippen LogP contribution in [-0.4, -0.2) is 4.98 Å². The van der Waals surface area contributed by atoms with Gasteiger partial charge in [-0.3, -0.25) is 0 Å². The average Bonchev–Trinajstić information content (AvgIpc) is 2.46. The lowest BCUT2D eigenvalue weighted by molar-refractivity contribution is 0.628. The van der Waals surface area contributed by atoms with E-state index in [-0.39, 0.29) is 5.82 Å². The van der Waals surface area contributed by atoms with E-state index in [0.717, 1.165) is 32.9 Å². The first kappa shape index (κ1) is 13.5. The van der Waals surface area contributed by atoms with Crippen LogP contribution in [-0.2, 0) is 5.33 Å². The highest BCUT2D eigenvalue weighted by Crippen LogP contribution is 2.31. The van der Waals surface area contributed by atoms with Crippen LogP contribution in [0.3, 0.4) is 0 Å². The molecule has 0 aliphatic heterocycles. The van der Waals surface area contributed by atoms with Gasteiger partial charge in [-0.2, -0.15) is 0 Å². The minimum absolute atomic E-state index is 0.250. The summed E-state index contributed by atoms with van der Waals surface area (Å²) in [6, 6.07) is 14.3. The number of fused-ring (bicyclic) bond motifs is 1. The van der Waals surface area contributed by atoms with Crippen LogP contribution in [0.2, 0.25) is 5.15 Å². The van der Waals surface area contributed by atoms with E-state index in [0.29, 0.717) is 5.15 Å². The molecular formula is C16H10BrClFN. The summed E-state index contributed by atoms with van der Waals surface area (Å²) in [5.41, 5.74) is 3.86. The third-order valence-electron chi connectivity index (χ3n) is 3.15. The van der Waals surface area contributed by atoms with E-state index in [4.69, 9.17) is 11.6 Å². The molecule has 0 saturated heterocycles. The monoisotopic (exact) mass is 349 g/mol. The Balaban J connectivity index is 2.26. The molecular weight excluding hydrogens is 341 g/mol. The van der Waals surface area contributed by atoms with Crippen molar-refractivity contribution in [1.29, 1.82) is 0 Å². The zero-order valence-corrected chi connectivity index (χ0v) is 12.7. The summed E-state index contributed by atoms with van der Waals surface area (Å²) in [5, 5.41) is 2.21. The van der Waals surface area contributed by atoms with Crippen LogP contribution in [0.4, 0.5) is 4.39 Å². The lowest BCUT2D eigenvalue weighted by Gasteiger charge is -2.08. The van der Waals surface area contributed by atoms with E-state index in [9.17, 15) is 4.39 Å². The zero-order valence-electron chi connectivity index (χ0n) is 10.4. The van der Waals surface area contributed by atoms with Crippen molar-refractivity contribution in [3.05, 3.63) is 65.1 Å². The van der Waals surface area contributed by atoms with Crippen molar-refractivity contribution in [2.75, 3.05) is 0 Å². The smallest absolute Gasteiger partial charge is 0.130 e. The summed E-state index contributed by atoms with van der Waals surface area (Å²) in [6.07, 6.45) is 0. The molecule has 0 atom stereocenters. The van der Waals surface area contributed by atoms with Crippen LogP contribution in [0.25, 0.3) is 22.0 Å². The van der Waals surface area contributed by atoms with E-state index in [1.54, 1.807) is 12.1 Å². The average molecular weight is 351 g/mol. The number of nitrogens with zero attached hydrogens (tertiary/aromatic N) is 1. The number of pyridine rings is 1.